The first-order chi connectivity index (χ1) is 10.3. The van der Waals surface area contributed by atoms with Gasteiger partial charge in [-0.25, -0.2) is 0 Å². The van der Waals surface area contributed by atoms with Crippen molar-refractivity contribution in [2.45, 2.75) is 19.9 Å². The molecule has 0 fully saturated rings. The number of benzene rings is 1. The number of methoxy groups -OCH3 is 1. The first kappa shape index (κ1) is 16.8. The molecule has 118 valence electrons. The number of thiocarbonyl (C=S) groups is 1. The molecule has 0 saturated heterocycles. The van der Waals surface area contributed by atoms with E-state index in [4.69, 9.17) is 17.0 Å². The Labute approximate surface area is 143 Å². The second-order valence-corrected chi connectivity index (χ2v) is 6.20. The van der Waals surface area contributed by atoms with Crippen molar-refractivity contribution in [2.24, 2.45) is 0 Å². The van der Waals surface area contributed by atoms with E-state index in [0.717, 1.165) is 11.3 Å². The monoisotopic (exact) mass is 384 g/mol. The number of hydrogen-bond acceptors (Lipinski definition) is 4. The van der Waals surface area contributed by atoms with Crippen LogP contribution >= 0.6 is 28.1 Å². The van der Waals surface area contributed by atoms with E-state index in [2.05, 4.69) is 21.2 Å². The third kappa shape index (κ3) is 2.70. The van der Waals surface area contributed by atoms with E-state index >= 15 is 0 Å². The van der Waals surface area contributed by atoms with Crippen LogP contribution in [-0.2, 0) is 4.79 Å². The molecule has 22 heavy (non-hydrogen) atoms. The van der Waals surface area contributed by atoms with Crippen LogP contribution in [0.25, 0.3) is 0 Å². The third-order valence-corrected chi connectivity index (χ3v) is 5.00. The highest BCUT2D eigenvalue weighted by atomic mass is 79.9. The Bertz CT molecular complexity index is 688. The maximum atomic E-state index is 12.1. The SMILES string of the molecule is COc1ccc(C2NC(=S)N(C)C(C)=C2C(C)=O)c(Br)c1O. The first-order valence-electron chi connectivity index (χ1n) is 6.60. The van der Waals surface area contributed by atoms with Crippen LogP contribution < -0.4 is 10.1 Å². The lowest BCUT2D eigenvalue weighted by Gasteiger charge is -2.36. The van der Waals surface area contributed by atoms with Gasteiger partial charge in [0.15, 0.2) is 22.4 Å². The van der Waals surface area contributed by atoms with Gasteiger partial charge >= 0.3 is 0 Å². The number of phenolic OH excluding ortho intramolecular Hbond substituents is 1. The molecule has 1 aliphatic heterocycles. The summed E-state index contributed by atoms with van der Waals surface area (Å²) in [5, 5.41) is 13.8. The smallest absolute Gasteiger partial charge is 0.173 e. The van der Waals surface area contributed by atoms with Crippen molar-refractivity contribution in [2.75, 3.05) is 14.2 Å². The minimum Gasteiger partial charge on any atom is -0.503 e. The van der Waals surface area contributed by atoms with Gasteiger partial charge in [-0.15, -0.1) is 0 Å². The summed E-state index contributed by atoms with van der Waals surface area (Å²) < 4.78 is 5.56. The summed E-state index contributed by atoms with van der Waals surface area (Å²) >= 11 is 8.69. The molecule has 2 N–H and O–H groups in total. The predicted molar refractivity (Wildman–Crippen MR) is 92.0 cm³/mol. The average Bonchev–Trinajstić information content (AvgIpc) is 2.46. The summed E-state index contributed by atoms with van der Waals surface area (Å²) in [5.41, 5.74) is 2.13. The topological polar surface area (TPSA) is 61.8 Å². The molecule has 1 heterocycles. The van der Waals surface area contributed by atoms with E-state index in [1.54, 1.807) is 17.0 Å². The fourth-order valence-corrected chi connectivity index (χ4v) is 3.29. The minimum atomic E-state index is -0.424. The number of Topliss-reactive ketones (excluding diaryl/α,β-unsaturated/α-hetero) is 1. The van der Waals surface area contributed by atoms with E-state index in [9.17, 15) is 9.90 Å². The Morgan fingerprint density at radius 3 is 2.68 bits per heavy atom. The number of ether oxygens (including phenoxy) is 1. The van der Waals surface area contributed by atoms with Gasteiger partial charge in [0.05, 0.1) is 17.6 Å². The van der Waals surface area contributed by atoms with E-state index in [-0.39, 0.29) is 11.5 Å². The number of carbonyl (C=O) groups is 1. The molecule has 0 saturated carbocycles. The molecule has 1 unspecified atom stereocenters. The van der Waals surface area contributed by atoms with Gasteiger partial charge < -0.3 is 20.1 Å². The minimum absolute atomic E-state index is 0.00722. The molecule has 0 bridgehead atoms. The van der Waals surface area contributed by atoms with Crippen molar-refractivity contribution < 1.29 is 14.6 Å². The zero-order chi connectivity index (χ0) is 16.6. The molecule has 0 radical (unpaired) electrons. The molecule has 0 aromatic heterocycles. The fourth-order valence-electron chi connectivity index (χ4n) is 2.48. The number of nitrogens with one attached hydrogen (secondary N) is 1. The maximum Gasteiger partial charge on any atom is 0.173 e. The number of ketones is 1. The third-order valence-electron chi connectivity index (χ3n) is 3.77. The van der Waals surface area contributed by atoms with Crippen LogP contribution in [0, 0.1) is 0 Å². The number of hydrogen-bond donors (Lipinski definition) is 2. The Kier molecular flexibility index (Phi) is 4.77. The van der Waals surface area contributed by atoms with Gasteiger partial charge in [0.1, 0.15) is 0 Å². The Hall–Kier alpha value is -1.60. The highest BCUT2D eigenvalue weighted by molar-refractivity contribution is 9.10. The van der Waals surface area contributed by atoms with Crippen molar-refractivity contribution >= 4 is 39.0 Å². The Morgan fingerprint density at radius 1 is 1.50 bits per heavy atom. The van der Waals surface area contributed by atoms with Crippen LogP contribution in [0.2, 0.25) is 0 Å². The molecule has 7 heteroatoms. The number of halogens is 1. The Balaban J connectivity index is 2.63. The fraction of sp³-hybridized carbons (Fsp3) is 0.333. The number of aromatic hydroxyl groups is 1. The van der Waals surface area contributed by atoms with Crippen LogP contribution in [0.15, 0.2) is 27.9 Å². The van der Waals surface area contributed by atoms with E-state index in [0.29, 0.717) is 20.9 Å². The maximum absolute atomic E-state index is 12.1. The molecule has 5 nitrogen and oxygen atoms in total. The van der Waals surface area contributed by atoms with Crippen LogP contribution in [0.3, 0.4) is 0 Å². The number of allylic oxidation sites excluding steroid dienone is 1. The lowest BCUT2D eigenvalue weighted by atomic mass is 9.92. The van der Waals surface area contributed by atoms with Crippen molar-refractivity contribution in [3.05, 3.63) is 33.4 Å². The molecule has 1 aromatic rings. The predicted octanol–water partition coefficient (Wildman–Crippen LogP) is 2.89. The zero-order valence-electron chi connectivity index (χ0n) is 12.7. The molecule has 1 aromatic carbocycles. The average molecular weight is 385 g/mol. The molecule has 1 aliphatic rings. The van der Waals surface area contributed by atoms with Crippen LogP contribution in [-0.4, -0.2) is 35.1 Å². The molecule has 0 amide bonds. The van der Waals surface area contributed by atoms with Crippen molar-refractivity contribution in [3.8, 4) is 11.5 Å². The Morgan fingerprint density at radius 2 is 2.14 bits per heavy atom. The molecule has 1 atom stereocenters. The molecular formula is C15H17BrN2O3S. The summed E-state index contributed by atoms with van der Waals surface area (Å²) in [6.07, 6.45) is 0. The highest BCUT2D eigenvalue weighted by Gasteiger charge is 2.32. The molecule has 0 spiro atoms. The quantitative estimate of drug-likeness (QED) is 0.781. The first-order valence-corrected chi connectivity index (χ1v) is 7.81. The lowest BCUT2D eigenvalue weighted by Crippen LogP contribution is -2.45. The second-order valence-electron chi connectivity index (χ2n) is 5.02. The van der Waals surface area contributed by atoms with Gasteiger partial charge in [-0.1, -0.05) is 6.07 Å². The van der Waals surface area contributed by atoms with Crippen LogP contribution in [0.4, 0.5) is 0 Å². The van der Waals surface area contributed by atoms with Gasteiger partial charge in [-0.05, 0) is 53.6 Å². The van der Waals surface area contributed by atoms with Crippen molar-refractivity contribution in [3.63, 3.8) is 0 Å². The van der Waals surface area contributed by atoms with Crippen molar-refractivity contribution in [1.29, 1.82) is 0 Å². The second kappa shape index (κ2) is 6.26. The molecular weight excluding hydrogens is 368 g/mol. The van der Waals surface area contributed by atoms with Gasteiger partial charge in [-0.2, -0.15) is 0 Å². The number of carbonyl (C=O) groups excluding carboxylic acids is 1. The number of phenols is 1. The number of nitrogens with zero attached hydrogens (tertiary/aromatic N) is 1. The van der Waals surface area contributed by atoms with Crippen molar-refractivity contribution in [1.82, 2.24) is 10.2 Å². The molecule has 2 rings (SSSR count). The molecule has 0 aliphatic carbocycles. The largest absolute Gasteiger partial charge is 0.503 e. The van der Waals surface area contributed by atoms with Crippen LogP contribution in [0.1, 0.15) is 25.5 Å². The van der Waals surface area contributed by atoms with Crippen LogP contribution in [0.5, 0.6) is 11.5 Å². The van der Waals surface area contributed by atoms with E-state index < -0.39 is 6.04 Å². The summed E-state index contributed by atoms with van der Waals surface area (Å²) in [6.45, 7) is 3.38. The summed E-state index contributed by atoms with van der Waals surface area (Å²) in [6, 6.07) is 3.03. The van der Waals surface area contributed by atoms with E-state index in [1.165, 1.54) is 14.0 Å². The van der Waals surface area contributed by atoms with Gasteiger partial charge in [0, 0.05) is 18.3 Å². The standard InChI is InChI=1S/C15H17BrN2O3S/c1-7-11(8(2)19)13(17-15(22)18(7)3)9-5-6-10(21-4)14(20)12(9)16/h5-6,13,20H,1-4H3,(H,17,22). The summed E-state index contributed by atoms with van der Waals surface area (Å²) in [7, 11) is 3.29. The lowest BCUT2D eigenvalue weighted by molar-refractivity contribution is -0.114. The summed E-state index contributed by atoms with van der Waals surface area (Å²) in [4.78, 5) is 13.9. The highest BCUT2D eigenvalue weighted by Crippen LogP contribution is 2.42. The number of rotatable bonds is 3. The van der Waals surface area contributed by atoms with Gasteiger partial charge in [0.2, 0.25) is 0 Å². The van der Waals surface area contributed by atoms with E-state index in [1.807, 2.05) is 14.0 Å². The van der Waals surface area contributed by atoms with Gasteiger partial charge in [-0.3, -0.25) is 4.79 Å². The summed E-state index contributed by atoms with van der Waals surface area (Å²) in [5.74, 6) is 0.301. The van der Waals surface area contributed by atoms with Gasteiger partial charge in [0.25, 0.3) is 0 Å². The normalized spacial score (nSPS) is 18.3. The zero-order valence-corrected chi connectivity index (χ0v) is 15.1.